The van der Waals surface area contributed by atoms with Crippen LogP contribution in [0, 0.1) is 12.3 Å². The van der Waals surface area contributed by atoms with Crippen molar-refractivity contribution in [2.24, 2.45) is 5.41 Å². The van der Waals surface area contributed by atoms with Gasteiger partial charge in [0, 0.05) is 55.2 Å². The molecule has 2 fully saturated rings. The highest BCUT2D eigenvalue weighted by atomic mass is 16.5. The van der Waals surface area contributed by atoms with Crippen molar-refractivity contribution in [3.8, 4) is 11.5 Å². The maximum atomic E-state index is 13.2. The van der Waals surface area contributed by atoms with Gasteiger partial charge in [-0.1, -0.05) is 17.7 Å². The third-order valence-electron chi connectivity index (χ3n) is 6.39. The van der Waals surface area contributed by atoms with Crippen molar-refractivity contribution in [2.45, 2.75) is 25.7 Å². The molecule has 0 saturated carbocycles. The predicted octanol–water partition coefficient (Wildman–Crippen LogP) is 3.48. The molecule has 1 amide bonds. The Morgan fingerprint density at radius 2 is 1.80 bits per heavy atom. The van der Waals surface area contributed by atoms with Crippen LogP contribution >= 0.6 is 0 Å². The summed E-state index contributed by atoms with van der Waals surface area (Å²) in [6.07, 6.45) is 5.16. The third-order valence-corrected chi connectivity index (χ3v) is 6.39. The molecule has 7 nitrogen and oxygen atoms in total. The molecule has 30 heavy (non-hydrogen) atoms. The number of hydrogen-bond donors (Lipinski definition) is 0. The van der Waals surface area contributed by atoms with Crippen molar-refractivity contribution in [2.75, 3.05) is 26.3 Å². The number of pyridine rings is 1. The second-order valence-electron chi connectivity index (χ2n) is 8.26. The Morgan fingerprint density at radius 1 is 1.07 bits per heavy atom. The summed E-state index contributed by atoms with van der Waals surface area (Å²) in [5, 5.41) is 8.65. The van der Waals surface area contributed by atoms with Gasteiger partial charge in [-0.3, -0.25) is 9.78 Å². The zero-order valence-corrected chi connectivity index (χ0v) is 17.0. The van der Waals surface area contributed by atoms with Crippen LogP contribution in [0.25, 0.3) is 11.5 Å². The number of aromatic nitrogens is 3. The summed E-state index contributed by atoms with van der Waals surface area (Å²) in [6, 6.07) is 11.5. The number of hydrogen-bond acceptors (Lipinski definition) is 6. The van der Waals surface area contributed by atoms with Gasteiger partial charge in [0.2, 0.25) is 11.8 Å². The van der Waals surface area contributed by atoms with Crippen LogP contribution in [-0.4, -0.2) is 52.3 Å². The summed E-state index contributed by atoms with van der Waals surface area (Å²) in [5.74, 6) is 1.14. The SMILES string of the molecule is Cc1ccc(C(=O)N2CC(c3nnc(-c4ccncc4)o3)C3(CCOCC3)C2)cc1. The number of carbonyl (C=O) groups excluding carboxylic acids is 1. The molecule has 2 aromatic heterocycles. The number of likely N-dealkylation sites (tertiary alicyclic amines) is 1. The van der Waals surface area contributed by atoms with Gasteiger partial charge in [-0.05, 0) is 44.0 Å². The first-order valence-corrected chi connectivity index (χ1v) is 10.3. The molecular weight excluding hydrogens is 380 g/mol. The van der Waals surface area contributed by atoms with Crippen molar-refractivity contribution >= 4 is 5.91 Å². The summed E-state index contributed by atoms with van der Waals surface area (Å²) in [6.45, 7) is 4.65. The van der Waals surface area contributed by atoms with E-state index in [1.54, 1.807) is 12.4 Å². The van der Waals surface area contributed by atoms with Crippen LogP contribution in [0.15, 0.2) is 53.2 Å². The molecule has 1 aromatic carbocycles. The highest BCUT2D eigenvalue weighted by Gasteiger charge is 2.51. The normalized spacial score (nSPS) is 20.6. The summed E-state index contributed by atoms with van der Waals surface area (Å²) in [4.78, 5) is 19.2. The monoisotopic (exact) mass is 404 g/mol. The number of rotatable bonds is 3. The van der Waals surface area contributed by atoms with Gasteiger partial charge in [-0.25, -0.2) is 0 Å². The molecule has 2 saturated heterocycles. The lowest BCUT2D eigenvalue weighted by Gasteiger charge is -2.36. The maximum Gasteiger partial charge on any atom is 0.253 e. The van der Waals surface area contributed by atoms with Gasteiger partial charge < -0.3 is 14.1 Å². The molecule has 0 N–H and O–H groups in total. The molecule has 1 atom stereocenters. The maximum absolute atomic E-state index is 13.2. The number of aryl methyl sites for hydroxylation is 1. The van der Waals surface area contributed by atoms with Crippen LogP contribution in [0.5, 0.6) is 0 Å². The summed E-state index contributed by atoms with van der Waals surface area (Å²) in [7, 11) is 0. The van der Waals surface area contributed by atoms with Crippen molar-refractivity contribution in [3.63, 3.8) is 0 Å². The third kappa shape index (κ3) is 3.39. The first kappa shape index (κ1) is 18.9. The molecule has 1 spiro atoms. The van der Waals surface area contributed by atoms with E-state index in [0.29, 0.717) is 43.6 Å². The van der Waals surface area contributed by atoms with E-state index in [1.807, 2.05) is 48.2 Å². The zero-order valence-electron chi connectivity index (χ0n) is 17.0. The van der Waals surface area contributed by atoms with E-state index >= 15 is 0 Å². The van der Waals surface area contributed by atoms with Crippen LogP contribution in [0.1, 0.15) is 40.6 Å². The first-order chi connectivity index (χ1) is 14.6. The van der Waals surface area contributed by atoms with Gasteiger partial charge in [-0.2, -0.15) is 0 Å². The smallest absolute Gasteiger partial charge is 0.253 e. The van der Waals surface area contributed by atoms with Crippen molar-refractivity contribution in [3.05, 3.63) is 65.8 Å². The average Bonchev–Trinajstić information content (AvgIpc) is 3.40. The highest BCUT2D eigenvalue weighted by molar-refractivity contribution is 5.94. The fourth-order valence-corrected chi connectivity index (χ4v) is 4.61. The summed E-state index contributed by atoms with van der Waals surface area (Å²) < 4.78 is 11.7. The fourth-order valence-electron chi connectivity index (χ4n) is 4.61. The van der Waals surface area contributed by atoms with E-state index in [1.165, 1.54) is 0 Å². The van der Waals surface area contributed by atoms with E-state index < -0.39 is 0 Å². The van der Waals surface area contributed by atoms with E-state index in [4.69, 9.17) is 9.15 Å². The number of benzene rings is 1. The van der Waals surface area contributed by atoms with Crippen LogP contribution in [0.4, 0.5) is 0 Å². The van der Waals surface area contributed by atoms with Gasteiger partial charge in [0.1, 0.15) is 0 Å². The molecule has 5 rings (SSSR count). The minimum absolute atomic E-state index is 0.00103. The molecule has 0 radical (unpaired) electrons. The lowest BCUT2D eigenvalue weighted by atomic mass is 9.72. The minimum Gasteiger partial charge on any atom is -0.420 e. The molecule has 0 aliphatic carbocycles. The van der Waals surface area contributed by atoms with Crippen molar-refractivity contribution in [1.29, 1.82) is 0 Å². The number of ether oxygens (including phenoxy) is 1. The Labute approximate surface area is 175 Å². The second kappa shape index (κ2) is 7.65. The van der Waals surface area contributed by atoms with Gasteiger partial charge >= 0.3 is 0 Å². The molecule has 7 heteroatoms. The van der Waals surface area contributed by atoms with Crippen molar-refractivity contribution in [1.82, 2.24) is 20.1 Å². The lowest BCUT2D eigenvalue weighted by molar-refractivity contribution is 0.00908. The van der Waals surface area contributed by atoms with Crippen LogP contribution in [0.3, 0.4) is 0 Å². The Hall–Kier alpha value is -3.06. The second-order valence-corrected chi connectivity index (χ2v) is 8.26. The van der Waals surface area contributed by atoms with Gasteiger partial charge in [-0.15, -0.1) is 10.2 Å². The van der Waals surface area contributed by atoms with Crippen LogP contribution < -0.4 is 0 Å². The van der Waals surface area contributed by atoms with E-state index in [-0.39, 0.29) is 17.2 Å². The Bertz CT molecular complexity index is 1030. The fraction of sp³-hybridized carbons (Fsp3) is 0.391. The standard InChI is InChI=1S/C23H24N4O3/c1-16-2-4-18(5-3-16)22(28)27-14-19(23(15-27)8-12-29-13-9-23)21-26-25-20(30-21)17-6-10-24-11-7-17/h2-7,10-11,19H,8-9,12-15H2,1H3. The largest absolute Gasteiger partial charge is 0.420 e. The Kier molecular flexibility index (Phi) is 4.83. The van der Waals surface area contributed by atoms with Gasteiger partial charge in [0.05, 0.1) is 5.92 Å². The number of amides is 1. The highest BCUT2D eigenvalue weighted by Crippen LogP contribution is 2.49. The molecule has 1 unspecified atom stereocenters. The van der Waals surface area contributed by atoms with Gasteiger partial charge in [0.25, 0.3) is 5.91 Å². The molecular formula is C23H24N4O3. The quantitative estimate of drug-likeness (QED) is 0.665. The van der Waals surface area contributed by atoms with E-state index in [2.05, 4.69) is 15.2 Å². The number of nitrogens with zero attached hydrogens (tertiary/aromatic N) is 4. The lowest BCUT2D eigenvalue weighted by Crippen LogP contribution is -2.37. The minimum atomic E-state index is -0.0966. The molecule has 2 aliphatic rings. The molecule has 0 bridgehead atoms. The average molecular weight is 404 g/mol. The van der Waals surface area contributed by atoms with Crippen LogP contribution in [-0.2, 0) is 4.74 Å². The molecule has 3 aromatic rings. The molecule has 2 aliphatic heterocycles. The zero-order chi connectivity index (χ0) is 20.6. The van der Waals surface area contributed by atoms with Crippen molar-refractivity contribution < 1.29 is 13.9 Å². The van der Waals surface area contributed by atoms with E-state index in [0.717, 1.165) is 24.0 Å². The Morgan fingerprint density at radius 3 is 2.53 bits per heavy atom. The molecule has 154 valence electrons. The molecule has 4 heterocycles. The predicted molar refractivity (Wildman–Crippen MR) is 110 cm³/mol. The first-order valence-electron chi connectivity index (χ1n) is 10.3. The summed E-state index contributed by atoms with van der Waals surface area (Å²) >= 11 is 0. The van der Waals surface area contributed by atoms with Crippen LogP contribution in [0.2, 0.25) is 0 Å². The van der Waals surface area contributed by atoms with E-state index in [9.17, 15) is 4.79 Å². The van der Waals surface area contributed by atoms with Gasteiger partial charge in [0.15, 0.2) is 0 Å². The topological polar surface area (TPSA) is 81.4 Å². The Balaban J connectivity index is 1.45. The number of carbonyl (C=O) groups is 1. The summed E-state index contributed by atoms with van der Waals surface area (Å²) in [5.41, 5.74) is 2.60.